The molecule has 0 spiro atoms. The average molecular weight is 227 g/mol. The van der Waals surface area contributed by atoms with Gasteiger partial charge in [0.15, 0.2) is 0 Å². The van der Waals surface area contributed by atoms with E-state index < -0.39 is 0 Å². The Balaban J connectivity index is 1.78. The minimum Gasteiger partial charge on any atom is -0.303 e. The Morgan fingerprint density at radius 2 is 1.80 bits per heavy atom. The second kappa shape index (κ2) is 4.67. The van der Waals surface area contributed by atoms with Crippen LogP contribution in [0.15, 0.2) is 0 Å². The van der Waals surface area contributed by atoms with Crippen molar-refractivity contribution in [1.29, 1.82) is 0 Å². The number of hydrogen-bond donors (Lipinski definition) is 1. The molecule has 2 heteroatoms. The van der Waals surface area contributed by atoms with Crippen molar-refractivity contribution in [3.63, 3.8) is 0 Å². The van der Waals surface area contributed by atoms with Gasteiger partial charge >= 0.3 is 0 Å². The van der Waals surface area contributed by atoms with E-state index in [0.29, 0.717) is 5.41 Å². The van der Waals surface area contributed by atoms with Crippen molar-refractivity contribution in [2.75, 3.05) is 19.3 Å². The maximum atomic E-state index is 4.49. The van der Waals surface area contributed by atoms with Gasteiger partial charge in [-0.2, -0.15) is 12.6 Å². The maximum Gasteiger partial charge on any atom is 0.00926 e. The molecule has 2 aliphatic carbocycles. The lowest BCUT2D eigenvalue weighted by Gasteiger charge is -2.35. The van der Waals surface area contributed by atoms with Crippen molar-refractivity contribution >= 4 is 12.6 Å². The fourth-order valence-electron chi connectivity index (χ4n) is 2.88. The second-order valence-electron chi connectivity index (χ2n) is 5.99. The molecule has 0 amide bonds. The van der Waals surface area contributed by atoms with Crippen LogP contribution in [0.4, 0.5) is 0 Å². The first-order valence-corrected chi connectivity index (χ1v) is 7.09. The summed E-state index contributed by atoms with van der Waals surface area (Å²) < 4.78 is 0. The van der Waals surface area contributed by atoms with E-state index in [-0.39, 0.29) is 0 Å². The zero-order valence-electron chi connectivity index (χ0n) is 10.2. The molecule has 0 aromatic heterocycles. The van der Waals surface area contributed by atoms with Gasteiger partial charge < -0.3 is 4.90 Å². The third-order valence-electron chi connectivity index (χ3n) is 4.49. The summed E-state index contributed by atoms with van der Waals surface area (Å²) in [6, 6.07) is 0.860. The smallest absolute Gasteiger partial charge is 0.00926 e. The van der Waals surface area contributed by atoms with Gasteiger partial charge in [0.2, 0.25) is 0 Å². The Morgan fingerprint density at radius 1 is 1.20 bits per heavy atom. The van der Waals surface area contributed by atoms with Crippen molar-refractivity contribution < 1.29 is 0 Å². The van der Waals surface area contributed by atoms with E-state index in [0.717, 1.165) is 17.7 Å². The Kier molecular flexibility index (Phi) is 3.67. The summed E-state index contributed by atoms with van der Waals surface area (Å²) in [5, 5.41) is 0. The molecule has 2 saturated carbocycles. The number of hydrogen-bond acceptors (Lipinski definition) is 2. The highest BCUT2D eigenvalue weighted by molar-refractivity contribution is 7.80. The summed E-state index contributed by atoms with van der Waals surface area (Å²) in [7, 11) is 2.32. The molecular weight excluding hydrogens is 202 g/mol. The normalized spacial score (nSPS) is 34.4. The molecule has 0 aromatic rings. The lowest BCUT2D eigenvalue weighted by molar-refractivity contribution is 0.148. The van der Waals surface area contributed by atoms with Gasteiger partial charge in [-0.15, -0.1) is 0 Å². The highest BCUT2D eigenvalue weighted by Crippen LogP contribution is 2.47. The van der Waals surface area contributed by atoms with Gasteiger partial charge in [-0.3, -0.25) is 0 Å². The molecule has 0 aliphatic heterocycles. The van der Waals surface area contributed by atoms with Crippen LogP contribution >= 0.6 is 12.6 Å². The monoisotopic (exact) mass is 227 g/mol. The minimum atomic E-state index is 0.598. The van der Waals surface area contributed by atoms with E-state index in [9.17, 15) is 0 Å². The lowest BCUT2D eigenvalue weighted by Crippen LogP contribution is -2.39. The van der Waals surface area contributed by atoms with Crippen LogP contribution in [0.1, 0.15) is 45.4 Å². The van der Waals surface area contributed by atoms with Crippen molar-refractivity contribution in [1.82, 2.24) is 4.90 Å². The summed E-state index contributed by atoms with van der Waals surface area (Å²) in [6.07, 6.45) is 8.51. The van der Waals surface area contributed by atoms with Crippen LogP contribution in [0, 0.1) is 11.3 Å². The van der Waals surface area contributed by atoms with Gasteiger partial charge in [0.1, 0.15) is 0 Å². The zero-order chi connectivity index (χ0) is 10.9. The van der Waals surface area contributed by atoms with Crippen molar-refractivity contribution in [3.05, 3.63) is 0 Å². The molecule has 0 aromatic carbocycles. The van der Waals surface area contributed by atoms with E-state index in [1.165, 1.54) is 45.1 Å². The molecule has 0 atom stereocenters. The third kappa shape index (κ3) is 2.91. The Labute approximate surface area is 100 Å². The summed E-state index contributed by atoms with van der Waals surface area (Å²) in [6.45, 7) is 3.68. The standard InChI is InChI=1S/C13H25NS/c1-11-3-5-12(6-4-11)14(2)9-13(10-15)7-8-13/h11-12,15H,3-10H2,1-2H3. The molecule has 0 heterocycles. The number of nitrogens with zero attached hydrogens (tertiary/aromatic N) is 1. The topological polar surface area (TPSA) is 3.24 Å². The van der Waals surface area contributed by atoms with Crippen LogP contribution in [-0.4, -0.2) is 30.3 Å². The van der Waals surface area contributed by atoms with Crippen LogP contribution in [-0.2, 0) is 0 Å². The van der Waals surface area contributed by atoms with Crippen LogP contribution in [0.3, 0.4) is 0 Å². The third-order valence-corrected chi connectivity index (χ3v) is 5.16. The van der Waals surface area contributed by atoms with Crippen molar-refractivity contribution in [2.45, 2.75) is 51.5 Å². The van der Waals surface area contributed by atoms with Gasteiger partial charge in [-0.1, -0.05) is 6.92 Å². The molecule has 0 saturated heterocycles. The van der Waals surface area contributed by atoms with Crippen LogP contribution in [0.5, 0.6) is 0 Å². The first-order valence-electron chi connectivity index (χ1n) is 6.46. The highest BCUT2D eigenvalue weighted by atomic mass is 32.1. The summed E-state index contributed by atoms with van der Waals surface area (Å²) in [5.41, 5.74) is 0.598. The Hall–Kier alpha value is 0.310. The molecule has 0 N–H and O–H groups in total. The predicted octanol–water partition coefficient (Wildman–Crippen LogP) is 3.21. The Morgan fingerprint density at radius 3 is 2.27 bits per heavy atom. The van der Waals surface area contributed by atoms with Gasteiger partial charge in [-0.25, -0.2) is 0 Å². The predicted molar refractivity (Wildman–Crippen MR) is 69.6 cm³/mol. The maximum absolute atomic E-state index is 4.49. The van der Waals surface area contributed by atoms with Crippen molar-refractivity contribution in [2.24, 2.45) is 11.3 Å². The van der Waals surface area contributed by atoms with Gasteiger partial charge in [0.25, 0.3) is 0 Å². The SMILES string of the molecule is CC1CCC(N(C)CC2(CS)CC2)CC1. The van der Waals surface area contributed by atoms with Gasteiger partial charge in [0, 0.05) is 12.6 Å². The van der Waals surface area contributed by atoms with E-state index in [1.807, 2.05) is 0 Å². The van der Waals surface area contributed by atoms with E-state index in [1.54, 1.807) is 0 Å². The molecule has 15 heavy (non-hydrogen) atoms. The van der Waals surface area contributed by atoms with Crippen LogP contribution in [0.25, 0.3) is 0 Å². The summed E-state index contributed by atoms with van der Waals surface area (Å²) in [5.74, 6) is 2.05. The molecule has 2 rings (SSSR count). The van der Waals surface area contributed by atoms with Gasteiger partial charge in [-0.05, 0) is 62.7 Å². The Bertz CT molecular complexity index is 205. The van der Waals surface area contributed by atoms with Gasteiger partial charge in [0.05, 0.1) is 0 Å². The van der Waals surface area contributed by atoms with Crippen LogP contribution < -0.4 is 0 Å². The van der Waals surface area contributed by atoms with Crippen LogP contribution in [0.2, 0.25) is 0 Å². The average Bonchev–Trinajstić information content (AvgIpc) is 2.99. The first kappa shape index (κ1) is 11.8. The molecule has 88 valence electrons. The fraction of sp³-hybridized carbons (Fsp3) is 1.00. The molecule has 0 radical (unpaired) electrons. The second-order valence-corrected chi connectivity index (χ2v) is 6.30. The highest BCUT2D eigenvalue weighted by Gasteiger charge is 2.42. The fourth-order valence-corrected chi connectivity index (χ4v) is 3.30. The van der Waals surface area contributed by atoms with E-state index >= 15 is 0 Å². The molecule has 1 nitrogen and oxygen atoms in total. The summed E-state index contributed by atoms with van der Waals surface area (Å²) in [4.78, 5) is 2.62. The quantitative estimate of drug-likeness (QED) is 0.722. The number of thiol groups is 1. The molecule has 0 bridgehead atoms. The molecule has 2 aliphatic rings. The molecule has 2 fully saturated rings. The molecule has 0 unspecified atom stereocenters. The van der Waals surface area contributed by atoms with E-state index in [2.05, 4.69) is 31.5 Å². The minimum absolute atomic E-state index is 0.598. The number of rotatable bonds is 4. The van der Waals surface area contributed by atoms with Crippen molar-refractivity contribution in [3.8, 4) is 0 Å². The largest absolute Gasteiger partial charge is 0.303 e. The lowest BCUT2D eigenvalue weighted by atomic mass is 9.86. The van der Waals surface area contributed by atoms with E-state index in [4.69, 9.17) is 0 Å². The molecular formula is C13H25NS. The zero-order valence-corrected chi connectivity index (χ0v) is 11.1. The first-order chi connectivity index (χ1) is 7.15. The summed E-state index contributed by atoms with van der Waals surface area (Å²) >= 11 is 4.49.